The van der Waals surface area contributed by atoms with Gasteiger partial charge in [0.15, 0.2) is 0 Å². The van der Waals surface area contributed by atoms with Gasteiger partial charge in [0.2, 0.25) is 0 Å². The second-order valence-corrected chi connectivity index (χ2v) is 8.95. The van der Waals surface area contributed by atoms with E-state index in [9.17, 15) is 9.59 Å². The summed E-state index contributed by atoms with van der Waals surface area (Å²) < 4.78 is 5.31. The number of aromatic amines is 1. The number of anilines is 1. The molecular weight excluding hydrogens is 432 g/mol. The number of pyridine rings is 3. The van der Waals surface area contributed by atoms with Crippen LogP contribution in [-0.4, -0.2) is 71.2 Å². The molecule has 34 heavy (non-hydrogen) atoms. The van der Waals surface area contributed by atoms with Gasteiger partial charge < -0.3 is 19.9 Å². The molecule has 2 saturated heterocycles. The zero-order valence-electron chi connectivity index (χ0n) is 19.4. The molecule has 3 aromatic rings. The lowest BCUT2D eigenvalue weighted by atomic mass is 10.1. The molecule has 0 unspecified atom stereocenters. The Morgan fingerprint density at radius 1 is 1.18 bits per heavy atom. The number of hydrogen-bond donors (Lipinski definition) is 2. The minimum atomic E-state index is -0.150. The van der Waals surface area contributed by atoms with Gasteiger partial charge in [-0.25, -0.2) is 4.98 Å². The number of aryl methyl sites for hydroxylation is 1. The van der Waals surface area contributed by atoms with E-state index >= 15 is 0 Å². The highest BCUT2D eigenvalue weighted by molar-refractivity contribution is 5.92. The number of nitrogens with one attached hydrogen (secondary N) is 2. The number of rotatable bonds is 6. The summed E-state index contributed by atoms with van der Waals surface area (Å²) >= 11 is 0. The fraction of sp³-hybridized carbons (Fsp3) is 0.440. The predicted octanol–water partition coefficient (Wildman–Crippen LogP) is 1.72. The summed E-state index contributed by atoms with van der Waals surface area (Å²) in [6.07, 6.45) is 5.23. The average Bonchev–Trinajstić information content (AvgIpc) is 3.37. The van der Waals surface area contributed by atoms with E-state index in [1.165, 1.54) is 0 Å². The Hall–Kier alpha value is -3.30. The molecule has 0 aromatic carbocycles. The molecule has 1 atom stereocenters. The second-order valence-electron chi connectivity index (χ2n) is 8.95. The molecule has 3 aromatic heterocycles. The monoisotopic (exact) mass is 462 g/mol. The van der Waals surface area contributed by atoms with Crippen LogP contribution in [-0.2, 0) is 17.7 Å². The Morgan fingerprint density at radius 3 is 2.74 bits per heavy atom. The highest BCUT2D eigenvalue weighted by atomic mass is 16.5. The molecule has 5 rings (SSSR count). The van der Waals surface area contributed by atoms with Gasteiger partial charge in [-0.2, -0.15) is 0 Å². The lowest BCUT2D eigenvalue weighted by Crippen LogP contribution is -2.46. The third-order valence-corrected chi connectivity index (χ3v) is 6.60. The van der Waals surface area contributed by atoms with Crippen molar-refractivity contribution in [2.45, 2.75) is 32.4 Å². The Kier molecular flexibility index (Phi) is 6.55. The van der Waals surface area contributed by atoms with E-state index in [1.807, 2.05) is 31.3 Å². The Balaban J connectivity index is 1.16. The van der Waals surface area contributed by atoms with Crippen LogP contribution >= 0.6 is 0 Å². The van der Waals surface area contributed by atoms with Crippen LogP contribution < -0.4 is 15.8 Å². The Bertz CT molecular complexity index is 1210. The SMILES string of the molecule is CCc1cc2ncc(CN3CCN(c4ccc(C(=O)N[C@H]5CCOC5)nc4)CC3)cc2[nH]c1=O. The number of nitrogens with zero attached hydrogens (tertiary/aromatic N) is 4. The largest absolute Gasteiger partial charge is 0.379 e. The van der Waals surface area contributed by atoms with Gasteiger partial charge in [0.05, 0.1) is 35.6 Å². The van der Waals surface area contributed by atoms with Crippen molar-refractivity contribution in [3.8, 4) is 0 Å². The molecule has 2 aliphatic heterocycles. The number of H-pyrrole nitrogens is 1. The minimum Gasteiger partial charge on any atom is -0.379 e. The maximum Gasteiger partial charge on any atom is 0.270 e. The van der Waals surface area contributed by atoms with Crippen LogP contribution in [0.2, 0.25) is 0 Å². The third-order valence-electron chi connectivity index (χ3n) is 6.60. The normalized spacial score (nSPS) is 19.0. The van der Waals surface area contributed by atoms with Crippen molar-refractivity contribution in [2.24, 2.45) is 0 Å². The summed E-state index contributed by atoms with van der Waals surface area (Å²) in [7, 11) is 0. The average molecular weight is 463 g/mol. The van der Waals surface area contributed by atoms with Crippen LogP contribution in [0.1, 0.15) is 35.0 Å². The number of carbonyl (C=O) groups is 1. The van der Waals surface area contributed by atoms with E-state index in [-0.39, 0.29) is 17.5 Å². The highest BCUT2D eigenvalue weighted by Gasteiger charge is 2.21. The van der Waals surface area contributed by atoms with Crippen molar-refractivity contribution in [2.75, 3.05) is 44.3 Å². The number of carbonyl (C=O) groups excluding carboxylic acids is 1. The van der Waals surface area contributed by atoms with Gasteiger partial charge in [-0.05, 0) is 42.7 Å². The molecule has 2 N–H and O–H groups in total. The first-order valence-corrected chi connectivity index (χ1v) is 11.9. The van der Waals surface area contributed by atoms with Crippen LogP contribution in [0.25, 0.3) is 11.0 Å². The van der Waals surface area contributed by atoms with Crippen LogP contribution in [0.4, 0.5) is 5.69 Å². The Labute approximate surface area is 198 Å². The number of aromatic nitrogens is 3. The molecule has 0 spiro atoms. The van der Waals surface area contributed by atoms with E-state index in [2.05, 4.69) is 30.1 Å². The Morgan fingerprint density at radius 2 is 2.03 bits per heavy atom. The van der Waals surface area contributed by atoms with E-state index in [4.69, 9.17) is 4.74 Å². The molecule has 1 amide bonds. The summed E-state index contributed by atoms with van der Waals surface area (Å²) in [6, 6.07) is 7.74. The zero-order valence-corrected chi connectivity index (χ0v) is 19.4. The van der Waals surface area contributed by atoms with Crippen molar-refractivity contribution in [1.82, 2.24) is 25.2 Å². The quantitative estimate of drug-likeness (QED) is 0.575. The first-order chi connectivity index (χ1) is 16.6. The predicted molar refractivity (Wildman–Crippen MR) is 130 cm³/mol. The first-order valence-electron chi connectivity index (χ1n) is 11.9. The fourth-order valence-corrected chi connectivity index (χ4v) is 4.55. The molecule has 0 aliphatic carbocycles. The maximum atomic E-state index is 12.4. The molecule has 0 radical (unpaired) electrons. The molecule has 5 heterocycles. The van der Waals surface area contributed by atoms with Gasteiger partial charge in [0.25, 0.3) is 11.5 Å². The number of fused-ring (bicyclic) bond motifs is 1. The molecular formula is C25H30N6O3. The topological polar surface area (TPSA) is 103 Å². The van der Waals surface area contributed by atoms with Gasteiger partial charge in [-0.3, -0.25) is 19.5 Å². The van der Waals surface area contributed by atoms with E-state index in [0.717, 1.165) is 67.0 Å². The van der Waals surface area contributed by atoms with Gasteiger partial charge in [0.1, 0.15) is 5.69 Å². The van der Waals surface area contributed by atoms with Crippen molar-refractivity contribution < 1.29 is 9.53 Å². The molecule has 0 bridgehead atoms. The van der Waals surface area contributed by atoms with E-state index in [1.54, 1.807) is 12.3 Å². The van der Waals surface area contributed by atoms with Crippen molar-refractivity contribution in [1.29, 1.82) is 0 Å². The smallest absolute Gasteiger partial charge is 0.270 e. The zero-order chi connectivity index (χ0) is 23.5. The molecule has 178 valence electrons. The van der Waals surface area contributed by atoms with E-state index in [0.29, 0.717) is 25.3 Å². The summed E-state index contributed by atoms with van der Waals surface area (Å²) in [5, 5.41) is 2.97. The van der Waals surface area contributed by atoms with Gasteiger partial charge in [0, 0.05) is 51.1 Å². The molecule has 9 heteroatoms. The second kappa shape index (κ2) is 9.90. The number of hydrogen-bond acceptors (Lipinski definition) is 7. The van der Waals surface area contributed by atoms with Crippen LogP contribution in [0.5, 0.6) is 0 Å². The minimum absolute atomic E-state index is 0.0350. The highest BCUT2D eigenvalue weighted by Crippen LogP contribution is 2.18. The van der Waals surface area contributed by atoms with Crippen LogP contribution in [0.3, 0.4) is 0 Å². The number of amides is 1. The van der Waals surface area contributed by atoms with Gasteiger partial charge in [-0.15, -0.1) is 0 Å². The molecule has 2 fully saturated rings. The first kappa shape index (κ1) is 22.5. The van der Waals surface area contributed by atoms with E-state index < -0.39 is 0 Å². The summed E-state index contributed by atoms with van der Waals surface area (Å²) in [4.78, 5) is 41.1. The number of piperazine rings is 1. The maximum absolute atomic E-state index is 12.4. The van der Waals surface area contributed by atoms with Gasteiger partial charge >= 0.3 is 0 Å². The molecule has 0 saturated carbocycles. The van der Waals surface area contributed by atoms with Crippen molar-refractivity contribution in [3.63, 3.8) is 0 Å². The molecule has 2 aliphatic rings. The fourth-order valence-electron chi connectivity index (χ4n) is 4.55. The summed E-state index contributed by atoms with van der Waals surface area (Å²) in [6.45, 7) is 7.60. The lowest BCUT2D eigenvalue weighted by Gasteiger charge is -2.36. The van der Waals surface area contributed by atoms with Gasteiger partial charge in [-0.1, -0.05) is 6.92 Å². The molecule has 9 nitrogen and oxygen atoms in total. The van der Waals surface area contributed by atoms with Crippen LogP contribution in [0, 0.1) is 0 Å². The summed E-state index contributed by atoms with van der Waals surface area (Å²) in [5.74, 6) is -0.150. The van der Waals surface area contributed by atoms with Crippen molar-refractivity contribution >= 4 is 22.6 Å². The van der Waals surface area contributed by atoms with Crippen molar-refractivity contribution in [3.05, 3.63) is 63.8 Å². The standard InChI is InChI=1S/C25H30N6O3/c1-2-18-12-22-23(29-24(18)32)11-17(13-26-22)15-30-6-8-31(9-7-30)20-3-4-21(27-14-20)25(33)28-19-5-10-34-16-19/h3-4,11-14,19H,2,5-10,15-16H2,1H3,(H,28,33)(H,29,32)/t19-/m0/s1. The number of ether oxygens (including phenoxy) is 1. The lowest BCUT2D eigenvalue weighted by molar-refractivity contribution is 0.0925. The van der Waals surface area contributed by atoms with Crippen LogP contribution in [0.15, 0.2) is 41.5 Å². The third kappa shape index (κ3) is 4.95. The summed E-state index contributed by atoms with van der Waals surface area (Å²) in [5.41, 5.74) is 4.88.